The number of hydrogen-bond donors (Lipinski definition) is 1. The molecule has 5 heteroatoms. The highest BCUT2D eigenvalue weighted by atomic mass is 16.3. The molecule has 1 aliphatic heterocycles. The van der Waals surface area contributed by atoms with Crippen LogP contribution in [0.3, 0.4) is 0 Å². The van der Waals surface area contributed by atoms with E-state index in [1.54, 1.807) is 35.2 Å². The molecule has 124 valence electrons. The fourth-order valence-corrected chi connectivity index (χ4v) is 3.21. The number of carbonyl (C=O) groups excluding carboxylic acids is 2. The molecule has 0 spiro atoms. The van der Waals surface area contributed by atoms with E-state index in [2.05, 4.69) is 0 Å². The Hall–Kier alpha value is -3.34. The van der Waals surface area contributed by atoms with Crippen molar-refractivity contribution in [1.29, 1.82) is 0 Å². The predicted octanol–water partition coefficient (Wildman–Crippen LogP) is 3.50. The lowest BCUT2D eigenvalue weighted by Gasteiger charge is -2.18. The van der Waals surface area contributed by atoms with Gasteiger partial charge >= 0.3 is 0 Å². The van der Waals surface area contributed by atoms with Crippen LogP contribution < -0.4 is 10.6 Å². The van der Waals surface area contributed by atoms with Gasteiger partial charge in [0.25, 0.3) is 0 Å². The number of benzene rings is 2. The number of carbonyl (C=O) groups is 2. The Labute approximate surface area is 144 Å². The van der Waals surface area contributed by atoms with E-state index in [4.69, 9.17) is 10.2 Å². The van der Waals surface area contributed by atoms with E-state index in [1.165, 1.54) is 6.26 Å². The maximum Gasteiger partial charge on any atom is 0.248 e. The first-order valence-corrected chi connectivity index (χ1v) is 7.94. The van der Waals surface area contributed by atoms with Crippen LogP contribution in [0.1, 0.15) is 33.2 Å². The van der Waals surface area contributed by atoms with E-state index in [9.17, 15) is 9.59 Å². The number of hydrogen-bond acceptors (Lipinski definition) is 3. The van der Waals surface area contributed by atoms with Gasteiger partial charge < -0.3 is 10.2 Å². The van der Waals surface area contributed by atoms with Crippen molar-refractivity contribution < 1.29 is 14.0 Å². The number of aryl methyl sites for hydroxylation is 1. The summed E-state index contributed by atoms with van der Waals surface area (Å²) in [6, 6.07) is 16.3. The predicted molar refractivity (Wildman–Crippen MR) is 93.8 cm³/mol. The van der Waals surface area contributed by atoms with Crippen LogP contribution in [-0.2, 0) is 4.79 Å². The number of rotatable bonds is 3. The zero-order valence-corrected chi connectivity index (χ0v) is 13.6. The van der Waals surface area contributed by atoms with E-state index in [0.717, 1.165) is 22.5 Å². The molecule has 25 heavy (non-hydrogen) atoms. The monoisotopic (exact) mass is 332 g/mol. The van der Waals surface area contributed by atoms with Crippen LogP contribution in [-0.4, -0.2) is 11.8 Å². The van der Waals surface area contributed by atoms with Crippen LogP contribution in [0.25, 0.3) is 0 Å². The van der Waals surface area contributed by atoms with Crippen molar-refractivity contribution in [2.24, 2.45) is 5.73 Å². The second-order valence-electron chi connectivity index (χ2n) is 6.10. The van der Waals surface area contributed by atoms with Gasteiger partial charge in [0.15, 0.2) is 0 Å². The largest absolute Gasteiger partial charge is 0.468 e. The normalized spacial score (nSPS) is 16.1. The second-order valence-corrected chi connectivity index (χ2v) is 6.10. The summed E-state index contributed by atoms with van der Waals surface area (Å²) in [4.78, 5) is 26.4. The fraction of sp³-hybridized carbons (Fsp3) is 0.100. The first-order chi connectivity index (χ1) is 12.1. The molecule has 1 unspecified atom stereocenters. The van der Waals surface area contributed by atoms with E-state index in [-0.39, 0.29) is 5.91 Å². The highest BCUT2D eigenvalue weighted by Gasteiger charge is 2.41. The van der Waals surface area contributed by atoms with Gasteiger partial charge in [-0.1, -0.05) is 17.7 Å². The molecular weight excluding hydrogens is 316 g/mol. The Morgan fingerprint density at radius 3 is 2.52 bits per heavy atom. The van der Waals surface area contributed by atoms with Crippen molar-refractivity contribution in [3.8, 4) is 0 Å². The Kier molecular flexibility index (Phi) is 3.42. The van der Waals surface area contributed by atoms with Crippen molar-refractivity contribution in [2.45, 2.75) is 12.8 Å². The first-order valence-electron chi connectivity index (χ1n) is 7.94. The quantitative estimate of drug-likeness (QED) is 0.797. The molecule has 0 saturated carbocycles. The highest BCUT2D eigenvalue weighted by molar-refractivity contribution is 6.12. The molecule has 5 nitrogen and oxygen atoms in total. The summed E-state index contributed by atoms with van der Waals surface area (Å²) in [5.41, 5.74) is 9.12. The van der Waals surface area contributed by atoms with Crippen LogP contribution in [0.4, 0.5) is 11.4 Å². The molecule has 0 fully saturated rings. The van der Waals surface area contributed by atoms with Crippen molar-refractivity contribution in [1.82, 2.24) is 0 Å². The van der Waals surface area contributed by atoms with E-state index in [0.29, 0.717) is 11.3 Å². The molecule has 2 N–H and O–H groups in total. The number of amides is 2. The minimum Gasteiger partial charge on any atom is -0.468 e. The van der Waals surface area contributed by atoms with Crippen LogP contribution >= 0.6 is 0 Å². The summed E-state index contributed by atoms with van der Waals surface area (Å²) in [6.45, 7) is 1.99. The molecule has 0 aliphatic carbocycles. The first kappa shape index (κ1) is 15.2. The fourth-order valence-electron chi connectivity index (χ4n) is 3.21. The molecule has 1 aliphatic rings. The number of anilines is 2. The van der Waals surface area contributed by atoms with Gasteiger partial charge in [0.1, 0.15) is 11.7 Å². The smallest absolute Gasteiger partial charge is 0.248 e. The molecule has 0 saturated heterocycles. The van der Waals surface area contributed by atoms with Crippen LogP contribution in [0.5, 0.6) is 0 Å². The second kappa shape index (κ2) is 5.63. The number of primary amides is 1. The molecule has 2 heterocycles. The minimum atomic E-state index is -0.592. The maximum atomic E-state index is 13.2. The van der Waals surface area contributed by atoms with Gasteiger partial charge in [-0.05, 0) is 55.0 Å². The lowest BCUT2D eigenvalue weighted by Crippen LogP contribution is -2.24. The summed E-state index contributed by atoms with van der Waals surface area (Å²) in [5.74, 6) is -0.689. The number of nitrogens with zero attached hydrogens (tertiary/aromatic N) is 1. The summed E-state index contributed by atoms with van der Waals surface area (Å²) in [5, 5.41) is 0. The van der Waals surface area contributed by atoms with Gasteiger partial charge in [0, 0.05) is 11.3 Å². The number of furan rings is 1. The average Bonchev–Trinajstić information content (AvgIpc) is 3.20. The Balaban J connectivity index is 1.90. The van der Waals surface area contributed by atoms with Crippen molar-refractivity contribution in [3.05, 3.63) is 83.3 Å². The third-order valence-electron chi connectivity index (χ3n) is 4.45. The van der Waals surface area contributed by atoms with Gasteiger partial charge in [0.05, 0.1) is 12.0 Å². The van der Waals surface area contributed by atoms with Gasteiger partial charge in [-0.15, -0.1) is 0 Å². The van der Waals surface area contributed by atoms with Crippen LogP contribution in [0, 0.1) is 6.92 Å². The van der Waals surface area contributed by atoms with Gasteiger partial charge in [-0.3, -0.25) is 14.5 Å². The third kappa shape index (κ3) is 2.41. The molecule has 2 amide bonds. The summed E-state index contributed by atoms with van der Waals surface area (Å²) < 4.78 is 5.48. The summed E-state index contributed by atoms with van der Waals surface area (Å²) in [6.07, 6.45) is 1.54. The third-order valence-corrected chi connectivity index (χ3v) is 4.45. The topological polar surface area (TPSA) is 76.5 Å². The Bertz CT molecular complexity index is 959. The zero-order valence-electron chi connectivity index (χ0n) is 13.6. The zero-order chi connectivity index (χ0) is 17.6. The average molecular weight is 332 g/mol. The standard InChI is InChI=1S/C20H16N2O3/c1-12-4-7-14(8-5-12)22-16-9-6-13(19(21)23)11-15(16)18(20(22)24)17-3-2-10-25-17/h2-11,18H,1H3,(H2,21,23). The van der Waals surface area contributed by atoms with Crippen molar-refractivity contribution in [2.75, 3.05) is 4.90 Å². The van der Waals surface area contributed by atoms with E-state index < -0.39 is 11.8 Å². The van der Waals surface area contributed by atoms with Crippen molar-refractivity contribution in [3.63, 3.8) is 0 Å². The summed E-state index contributed by atoms with van der Waals surface area (Å²) in [7, 11) is 0. The molecule has 1 atom stereocenters. The van der Waals surface area contributed by atoms with Crippen LogP contribution in [0.15, 0.2) is 65.3 Å². The molecule has 1 aromatic heterocycles. The Morgan fingerprint density at radius 1 is 1.12 bits per heavy atom. The lowest BCUT2D eigenvalue weighted by molar-refractivity contribution is -0.118. The molecular formula is C20H16N2O3. The number of fused-ring (bicyclic) bond motifs is 1. The van der Waals surface area contributed by atoms with Gasteiger partial charge in [-0.25, -0.2) is 0 Å². The highest BCUT2D eigenvalue weighted by Crippen LogP contribution is 2.45. The number of nitrogens with two attached hydrogens (primary N) is 1. The maximum absolute atomic E-state index is 13.2. The molecule has 0 bridgehead atoms. The molecule has 3 aromatic rings. The van der Waals surface area contributed by atoms with Gasteiger partial charge in [-0.2, -0.15) is 0 Å². The van der Waals surface area contributed by atoms with Gasteiger partial charge in [0.2, 0.25) is 11.8 Å². The lowest BCUT2D eigenvalue weighted by atomic mass is 9.96. The Morgan fingerprint density at radius 2 is 1.88 bits per heavy atom. The SMILES string of the molecule is Cc1ccc(N2C(=O)C(c3ccco3)c3cc(C(N)=O)ccc32)cc1. The van der Waals surface area contributed by atoms with E-state index >= 15 is 0 Å². The van der Waals surface area contributed by atoms with E-state index in [1.807, 2.05) is 31.2 Å². The minimum absolute atomic E-state index is 0.115. The summed E-state index contributed by atoms with van der Waals surface area (Å²) >= 11 is 0. The van der Waals surface area contributed by atoms with Crippen molar-refractivity contribution >= 4 is 23.2 Å². The molecule has 2 aromatic carbocycles. The van der Waals surface area contributed by atoms with Crippen LogP contribution in [0.2, 0.25) is 0 Å². The molecule has 4 rings (SSSR count). The molecule has 0 radical (unpaired) electrons.